The molecule has 9 heteroatoms. The van der Waals surface area contributed by atoms with E-state index in [2.05, 4.69) is 15.2 Å². The normalized spacial score (nSPS) is 11.3. The lowest BCUT2D eigenvalue weighted by Crippen LogP contribution is -2.12. The first-order chi connectivity index (χ1) is 15.1. The smallest absolute Gasteiger partial charge is 0.258 e. The average Bonchev–Trinajstić information content (AvgIpc) is 3.41. The van der Waals surface area contributed by atoms with E-state index in [0.717, 1.165) is 11.3 Å². The number of hydrogen-bond donors (Lipinski definition) is 0. The summed E-state index contributed by atoms with van der Waals surface area (Å²) >= 11 is 2.81. The Morgan fingerprint density at radius 1 is 1.10 bits per heavy atom. The summed E-state index contributed by atoms with van der Waals surface area (Å²) in [5, 5.41) is 11.0. The Bertz CT molecular complexity index is 1440. The van der Waals surface area contributed by atoms with Crippen molar-refractivity contribution in [2.75, 3.05) is 0 Å². The summed E-state index contributed by atoms with van der Waals surface area (Å²) in [6.45, 7) is 2.01. The molecule has 0 aliphatic rings. The maximum atomic E-state index is 14.5. The lowest BCUT2D eigenvalue weighted by atomic mass is 10.2. The third-order valence-electron chi connectivity index (χ3n) is 4.75. The van der Waals surface area contributed by atoms with Crippen LogP contribution in [0.2, 0.25) is 0 Å². The topological polar surface area (TPSA) is 65.1 Å². The SMILES string of the molecule is Cc1ccc(-n2c(SCc3cc(=O)n4ccsc4n3)nnc2-c2ccccc2F)cc1. The number of benzene rings is 2. The summed E-state index contributed by atoms with van der Waals surface area (Å²) in [4.78, 5) is 17.5. The number of nitrogens with zero attached hydrogens (tertiary/aromatic N) is 5. The lowest BCUT2D eigenvalue weighted by Gasteiger charge is -2.11. The highest BCUT2D eigenvalue weighted by molar-refractivity contribution is 7.98. The fraction of sp³-hybridized carbons (Fsp3) is 0.0909. The first kappa shape index (κ1) is 19.7. The van der Waals surface area contributed by atoms with Crippen molar-refractivity contribution in [1.29, 1.82) is 0 Å². The highest BCUT2D eigenvalue weighted by Crippen LogP contribution is 2.30. The van der Waals surface area contributed by atoms with Crippen molar-refractivity contribution in [2.24, 2.45) is 0 Å². The molecule has 0 saturated heterocycles. The van der Waals surface area contributed by atoms with Gasteiger partial charge in [-0.3, -0.25) is 13.8 Å². The van der Waals surface area contributed by atoms with E-state index in [4.69, 9.17) is 0 Å². The first-order valence-electron chi connectivity index (χ1n) is 9.46. The van der Waals surface area contributed by atoms with E-state index in [1.54, 1.807) is 24.4 Å². The number of thiazole rings is 1. The number of fused-ring (bicyclic) bond motifs is 1. The third-order valence-corrected chi connectivity index (χ3v) is 6.46. The molecule has 5 rings (SSSR count). The van der Waals surface area contributed by atoms with E-state index in [0.29, 0.717) is 33.0 Å². The Morgan fingerprint density at radius 3 is 2.71 bits per heavy atom. The lowest BCUT2D eigenvalue weighted by molar-refractivity contribution is 0.629. The summed E-state index contributed by atoms with van der Waals surface area (Å²) in [6, 6.07) is 15.9. The second-order valence-corrected chi connectivity index (χ2v) is 8.70. The maximum Gasteiger partial charge on any atom is 0.258 e. The number of aryl methyl sites for hydroxylation is 1. The molecule has 5 aromatic rings. The van der Waals surface area contributed by atoms with Crippen molar-refractivity contribution in [1.82, 2.24) is 24.1 Å². The van der Waals surface area contributed by atoms with E-state index in [1.807, 2.05) is 41.1 Å². The van der Waals surface area contributed by atoms with Gasteiger partial charge in [-0.15, -0.1) is 21.5 Å². The van der Waals surface area contributed by atoms with Crippen molar-refractivity contribution in [3.8, 4) is 17.1 Å². The van der Waals surface area contributed by atoms with Gasteiger partial charge in [0, 0.05) is 29.1 Å². The Kier molecular flexibility index (Phi) is 5.13. The molecule has 0 aliphatic heterocycles. The van der Waals surface area contributed by atoms with Crippen molar-refractivity contribution < 1.29 is 4.39 Å². The van der Waals surface area contributed by atoms with Gasteiger partial charge in [0.05, 0.1) is 11.3 Å². The van der Waals surface area contributed by atoms with Gasteiger partial charge < -0.3 is 0 Å². The van der Waals surface area contributed by atoms with Crippen LogP contribution in [0.25, 0.3) is 22.0 Å². The van der Waals surface area contributed by atoms with Crippen molar-refractivity contribution in [3.05, 3.63) is 93.6 Å². The molecule has 0 saturated carbocycles. The third kappa shape index (κ3) is 3.77. The fourth-order valence-corrected chi connectivity index (χ4v) is 4.79. The summed E-state index contributed by atoms with van der Waals surface area (Å²) in [7, 11) is 0. The molecule has 2 aromatic carbocycles. The predicted molar refractivity (Wildman–Crippen MR) is 120 cm³/mol. The fourth-order valence-electron chi connectivity index (χ4n) is 3.21. The number of halogens is 1. The summed E-state index contributed by atoms with van der Waals surface area (Å²) in [5.41, 5.74) is 2.86. The first-order valence-corrected chi connectivity index (χ1v) is 11.3. The molecule has 154 valence electrons. The van der Waals surface area contributed by atoms with Crippen LogP contribution in [0.5, 0.6) is 0 Å². The van der Waals surface area contributed by atoms with Crippen LogP contribution in [0.1, 0.15) is 11.3 Å². The maximum absolute atomic E-state index is 14.5. The minimum atomic E-state index is -0.363. The molecule has 0 N–H and O–H groups in total. The van der Waals surface area contributed by atoms with E-state index in [9.17, 15) is 9.18 Å². The van der Waals surface area contributed by atoms with Gasteiger partial charge in [0.25, 0.3) is 5.56 Å². The van der Waals surface area contributed by atoms with E-state index in [1.165, 1.54) is 39.6 Å². The van der Waals surface area contributed by atoms with Crippen LogP contribution in [0.3, 0.4) is 0 Å². The van der Waals surface area contributed by atoms with Crippen LogP contribution in [0.15, 0.2) is 76.1 Å². The zero-order chi connectivity index (χ0) is 21.4. The zero-order valence-corrected chi connectivity index (χ0v) is 18.0. The van der Waals surface area contributed by atoms with Crippen molar-refractivity contribution in [3.63, 3.8) is 0 Å². The molecule has 6 nitrogen and oxygen atoms in total. The number of aromatic nitrogens is 5. The van der Waals surface area contributed by atoms with E-state index < -0.39 is 0 Å². The summed E-state index contributed by atoms with van der Waals surface area (Å²) in [5.74, 6) is 0.495. The second kappa shape index (κ2) is 8.09. The van der Waals surface area contributed by atoms with Gasteiger partial charge in [0.1, 0.15) is 5.82 Å². The Morgan fingerprint density at radius 2 is 1.90 bits per heavy atom. The van der Waals surface area contributed by atoms with Crippen LogP contribution in [-0.2, 0) is 5.75 Å². The molecular weight excluding hydrogens is 433 g/mol. The van der Waals surface area contributed by atoms with Gasteiger partial charge in [-0.05, 0) is 31.2 Å². The molecule has 3 aromatic heterocycles. The van der Waals surface area contributed by atoms with Gasteiger partial charge in [-0.2, -0.15) is 0 Å². The molecule has 0 amide bonds. The largest absolute Gasteiger partial charge is 0.270 e. The number of rotatable bonds is 5. The number of hydrogen-bond acceptors (Lipinski definition) is 6. The molecule has 0 spiro atoms. The molecule has 3 heterocycles. The zero-order valence-electron chi connectivity index (χ0n) is 16.4. The van der Waals surface area contributed by atoms with Gasteiger partial charge >= 0.3 is 0 Å². The Hall–Kier alpha value is -3.30. The average molecular weight is 450 g/mol. The quantitative estimate of drug-likeness (QED) is 0.363. The van der Waals surface area contributed by atoms with Gasteiger partial charge in [-0.25, -0.2) is 9.37 Å². The molecule has 0 aliphatic carbocycles. The van der Waals surface area contributed by atoms with Gasteiger partial charge in [0.2, 0.25) is 0 Å². The molecule has 0 unspecified atom stereocenters. The minimum absolute atomic E-state index is 0.117. The predicted octanol–water partition coefficient (Wildman–Crippen LogP) is 4.74. The van der Waals surface area contributed by atoms with Crippen LogP contribution >= 0.6 is 23.1 Å². The Labute approximate surface area is 185 Å². The second-order valence-electron chi connectivity index (χ2n) is 6.89. The van der Waals surface area contributed by atoms with Crippen LogP contribution in [0.4, 0.5) is 4.39 Å². The summed E-state index contributed by atoms with van der Waals surface area (Å²) in [6.07, 6.45) is 1.71. The van der Waals surface area contributed by atoms with Crippen LogP contribution in [0, 0.1) is 12.7 Å². The van der Waals surface area contributed by atoms with Crippen LogP contribution in [-0.4, -0.2) is 24.1 Å². The van der Waals surface area contributed by atoms with Crippen molar-refractivity contribution in [2.45, 2.75) is 17.8 Å². The Balaban J connectivity index is 1.55. The molecule has 31 heavy (non-hydrogen) atoms. The molecule has 0 radical (unpaired) electrons. The minimum Gasteiger partial charge on any atom is -0.270 e. The van der Waals surface area contributed by atoms with E-state index in [-0.39, 0.29) is 11.4 Å². The van der Waals surface area contributed by atoms with Gasteiger partial charge in [-0.1, -0.05) is 41.6 Å². The van der Waals surface area contributed by atoms with Gasteiger partial charge in [0.15, 0.2) is 15.9 Å². The van der Waals surface area contributed by atoms with Crippen molar-refractivity contribution >= 4 is 28.1 Å². The molecule has 0 atom stereocenters. The van der Waals surface area contributed by atoms with E-state index >= 15 is 0 Å². The van der Waals surface area contributed by atoms with Crippen LogP contribution < -0.4 is 5.56 Å². The standard InChI is InChI=1S/C22H16FN5OS2/c1-14-6-8-16(9-7-14)28-20(17-4-2-3-5-18(17)23)25-26-22(28)31-13-15-12-19(29)27-10-11-30-21(27)24-15/h2-12H,13H2,1H3. The number of thioether (sulfide) groups is 1. The monoisotopic (exact) mass is 449 g/mol. The summed E-state index contributed by atoms with van der Waals surface area (Å²) < 4.78 is 17.9. The molecular formula is C22H16FN5OS2. The highest BCUT2D eigenvalue weighted by atomic mass is 32.2. The highest BCUT2D eigenvalue weighted by Gasteiger charge is 2.19. The molecule has 0 bridgehead atoms. The molecule has 0 fully saturated rings.